The van der Waals surface area contributed by atoms with Gasteiger partial charge in [-0.05, 0) is 25.0 Å². The van der Waals surface area contributed by atoms with E-state index >= 15 is 0 Å². The molecule has 1 N–H and O–H groups in total. The monoisotopic (exact) mass is 343 g/mol. The number of rotatable bonds is 4. The van der Waals surface area contributed by atoms with E-state index in [9.17, 15) is 14.4 Å². The molecule has 0 spiro atoms. The Balaban J connectivity index is 1.84. The zero-order chi connectivity index (χ0) is 17.9. The second-order valence-electron chi connectivity index (χ2n) is 6.37. The maximum atomic E-state index is 12.6. The van der Waals surface area contributed by atoms with E-state index in [4.69, 9.17) is 4.74 Å². The molecule has 1 aromatic carbocycles. The summed E-state index contributed by atoms with van der Waals surface area (Å²) in [6.07, 6.45) is 5.13. The summed E-state index contributed by atoms with van der Waals surface area (Å²) in [6, 6.07) is 7.00. The molecule has 25 heavy (non-hydrogen) atoms. The highest BCUT2D eigenvalue weighted by atomic mass is 16.5. The number of methoxy groups -OCH3 is 1. The van der Waals surface area contributed by atoms with Crippen molar-refractivity contribution < 1.29 is 14.3 Å². The number of nitrogens with one attached hydrogen (secondary N) is 1. The molecule has 132 valence electrons. The third-order valence-electron chi connectivity index (χ3n) is 4.72. The molecule has 1 saturated carbocycles. The summed E-state index contributed by atoms with van der Waals surface area (Å²) in [5, 5.41) is 7.42. The smallest absolute Gasteiger partial charge is 0.331 e. The van der Waals surface area contributed by atoms with Crippen molar-refractivity contribution in [3.8, 4) is 0 Å². The van der Waals surface area contributed by atoms with Crippen LogP contribution in [-0.4, -0.2) is 34.3 Å². The van der Waals surface area contributed by atoms with Gasteiger partial charge in [-0.2, -0.15) is 5.10 Å². The molecule has 0 unspecified atom stereocenters. The SMILES string of the molecule is COC(=O)C1(NC(=O)Cn2ncc(=O)c3ccccc32)CCCCC1. The molecule has 7 heteroatoms. The Kier molecular flexibility index (Phi) is 4.83. The number of hydrogen-bond acceptors (Lipinski definition) is 5. The van der Waals surface area contributed by atoms with Crippen molar-refractivity contribution in [2.75, 3.05) is 7.11 Å². The summed E-state index contributed by atoms with van der Waals surface area (Å²) in [6.45, 7) is -0.0699. The van der Waals surface area contributed by atoms with Crippen molar-refractivity contribution in [2.45, 2.75) is 44.2 Å². The molecule has 0 bridgehead atoms. The Morgan fingerprint density at radius 3 is 2.68 bits per heavy atom. The number of fused-ring (bicyclic) bond motifs is 1. The first-order chi connectivity index (χ1) is 12.1. The number of amides is 1. The molecule has 0 atom stereocenters. The maximum Gasteiger partial charge on any atom is 0.331 e. The van der Waals surface area contributed by atoms with Gasteiger partial charge in [0.25, 0.3) is 0 Å². The van der Waals surface area contributed by atoms with Crippen LogP contribution in [0.1, 0.15) is 32.1 Å². The molecular weight excluding hydrogens is 322 g/mol. The van der Waals surface area contributed by atoms with Gasteiger partial charge in [-0.1, -0.05) is 31.4 Å². The highest BCUT2D eigenvalue weighted by Crippen LogP contribution is 2.29. The molecule has 3 rings (SSSR count). The van der Waals surface area contributed by atoms with Gasteiger partial charge in [-0.3, -0.25) is 14.3 Å². The topological polar surface area (TPSA) is 90.3 Å². The van der Waals surface area contributed by atoms with Crippen LogP contribution in [0, 0.1) is 0 Å². The van der Waals surface area contributed by atoms with Gasteiger partial charge in [0.2, 0.25) is 11.3 Å². The normalized spacial score (nSPS) is 16.4. The third-order valence-corrected chi connectivity index (χ3v) is 4.72. The van der Waals surface area contributed by atoms with Crippen molar-refractivity contribution >= 4 is 22.8 Å². The lowest BCUT2D eigenvalue weighted by atomic mass is 9.81. The Bertz CT molecular complexity index is 853. The first kappa shape index (κ1) is 17.1. The number of nitrogens with zero attached hydrogens (tertiary/aromatic N) is 2. The van der Waals surface area contributed by atoms with Crippen LogP contribution in [0.15, 0.2) is 35.3 Å². The Hall–Kier alpha value is -2.70. The summed E-state index contributed by atoms with van der Waals surface area (Å²) in [7, 11) is 1.33. The number of esters is 1. The molecule has 1 fully saturated rings. The average molecular weight is 343 g/mol. The van der Waals surface area contributed by atoms with Gasteiger partial charge < -0.3 is 10.1 Å². The van der Waals surface area contributed by atoms with Crippen molar-refractivity contribution in [3.63, 3.8) is 0 Å². The third kappa shape index (κ3) is 3.40. The van der Waals surface area contributed by atoms with Gasteiger partial charge in [0, 0.05) is 5.39 Å². The second kappa shape index (κ2) is 7.04. The van der Waals surface area contributed by atoms with E-state index in [-0.39, 0.29) is 17.9 Å². The molecule has 0 saturated heterocycles. The summed E-state index contributed by atoms with van der Waals surface area (Å²) < 4.78 is 6.38. The number of carbonyl (C=O) groups is 2. The van der Waals surface area contributed by atoms with Gasteiger partial charge >= 0.3 is 5.97 Å². The Labute approximate surface area is 145 Å². The molecule has 0 radical (unpaired) electrons. The molecule has 1 aliphatic rings. The van der Waals surface area contributed by atoms with Crippen molar-refractivity contribution in [3.05, 3.63) is 40.7 Å². The van der Waals surface area contributed by atoms with E-state index in [0.29, 0.717) is 23.7 Å². The highest BCUT2D eigenvalue weighted by Gasteiger charge is 2.41. The fraction of sp³-hybridized carbons (Fsp3) is 0.444. The molecule has 1 aliphatic carbocycles. The van der Waals surface area contributed by atoms with Crippen molar-refractivity contribution in [1.29, 1.82) is 0 Å². The summed E-state index contributed by atoms with van der Waals surface area (Å²) in [5.74, 6) is -0.730. The van der Waals surface area contributed by atoms with Crippen LogP contribution in [0.25, 0.3) is 10.9 Å². The van der Waals surface area contributed by atoms with Crippen LogP contribution >= 0.6 is 0 Å². The minimum Gasteiger partial charge on any atom is -0.467 e. The Morgan fingerprint density at radius 1 is 1.24 bits per heavy atom. The second-order valence-corrected chi connectivity index (χ2v) is 6.37. The molecular formula is C18H21N3O4. The molecule has 0 aliphatic heterocycles. The Morgan fingerprint density at radius 2 is 1.96 bits per heavy atom. The first-order valence-electron chi connectivity index (χ1n) is 8.40. The highest BCUT2D eigenvalue weighted by molar-refractivity contribution is 5.88. The zero-order valence-electron chi connectivity index (χ0n) is 14.2. The average Bonchev–Trinajstić information content (AvgIpc) is 2.64. The number of hydrogen-bond donors (Lipinski definition) is 1. The van der Waals surface area contributed by atoms with Crippen molar-refractivity contribution in [2.24, 2.45) is 0 Å². The molecule has 1 aromatic heterocycles. The predicted octanol–water partition coefficient (Wildman–Crippen LogP) is 1.39. The van der Waals surface area contributed by atoms with Crippen LogP contribution in [-0.2, 0) is 20.9 Å². The molecule has 7 nitrogen and oxygen atoms in total. The van der Waals surface area contributed by atoms with Crippen molar-refractivity contribution in [1.82, 2.24) is 15.1 Å². The van der Waals surface area contributed by atoms with E-state index in [1.54, 1.807) is 24.3 Å². The number of carbonyl (C=O) groups excluding carboxylic acids is 2. The zero-order valence-corrected chi connectivity index (χ0v) is 14.2. The fourth-order valence-electron chi connectivity index (χ4n) is 3.46. The fourth-order valence-corrected chi connectivity index (χ4v) is 3.46. The van der Waals surface area contributed by atoms with Gasteiger partial charge in [0.05, 0.1) is 18.8 Å². The first-order valence-corrected chi connectivity index (χ1v) is 8.40. The lowest BCUT2D eigenvalue weighted by Gasteiger charge is -2.35. The summed E-state index contributed by atoms with van der Waals surface area (Å²) in [5.41, 5.74) is -0.565. The lowest BCUT2D eigenvalue weighted by Crippen LogP contribution is -2.56. The van der Waals surface area contributed by atoms with Crippen LogP contribution in [0.5, 0.6) is 0 Å². The van der Waals surface area contributed by atoms with Gasteiger partial charge in [-0.15, -0.1) is 0 Å². The standard InChI is InChI=1S/C18H21N3O4/c1-25-17(24)18(9-5-2-6-10-18)20-16(23)12-21-14-8-4-3-7-13(14)15(22)11-19-21/h3-4,7-8,11H,2,5-6,9-10,12H2,1H3,(H,20,23). The van der Waals surface area contributed by atoms with Crippen LogP contribution in [0.2, 0.25) is 0 Å². The van der Waals surface area contributed by atoms with Gasteiger partial charge in [0.1, 0.15) is 12.1 Å². The molecule has 1 amide bonds. The van der Waals surface area contributed by atoms with Gasteiger partial charge in [0.15, 0.2) is 0 Å². The molecule has 2 aromatic rings. The number of para-hydroxylation sites is 1. The van der Waals surface area contributed by atoms with E-state index in [0.717, 1.165) is 19.3 Å². The van der Waals surface area contributed by atoms with E-state index in [1.165, 1.54) is 18.0 Å². The summed E-state index contributed by atoms with van der Waals surface area (Å²) >= 11 is 0. The number of benzene rings is 1. The van der Waals surface area contributed by atoms with Gasteiger partial charge in [-0.25, -0.2) is 4.79 Å². The predicted molar refractivity (Wildman–Crippen MR) is 92.0 cm³/mol. The number of ether oxygens (including phenoxy) is 1. The van der Waals surface area contributed by atoms with Crippen LogP contribution in [0.3, 0.4) is 0 Å². The number of aromatic nitrogens is 2. The summed E-state index contributed by atoms with van der Waals surface area (Å²) in [4.78, 5) is 36.7. The minimum atomic E-state index is -0.959. The van der Waals surface area contributed by atoms with E-state index in [2.05, 4.69) is 10.4 Å². The molecule has 1 heterocycles. The van der Waals surface area contributed by atoms with E-state index < -0.39 is 11.5 Å². The van der Waals surface area contributed by atoms with Crippen LogP contribution in [0.4, 0.5) is 0 Å². The maximum absolute atomic E-state index is 12.6. The largest absolute Gasteiger partial charge is 0.467 e. The van der Waals surface area contributed by atoms with Crippen LogP contribution < -0.4 is 10.7 Å². The van der Waals surface area contributed by atoms with E-state index in [1.807, 2.05) is 0 Å². The minimum absolute atomic E-state index is 0.0699. The lowest BCUT2D eigenvalue weighted by molar-refractivity contribution is -0.152. The quantitative estimate of drug-likeness (QED) is 0.847.